The summed E-state index contributed by atoms with van der Waals surface area (Å²) in [7, 11) is 0. The summed E-state index contributed by atoms with van der Waals surface area (Å²) in [5, 5.41) is 25.5. The van der Waals surface area contributed by atoms with E-state index in [0.29, 0.717) is 11.3 Å². The standard InChI is InChI=1S/C21H31N5O7S/c1-11(21(32)33)24-19(30)15(7-8-34-2)25-20(31)16(10-17(23)28)26-18(29)14(22)9-12-3-5-13(27)6-4-12/h3-6,11,14-16,27H,7-10,22H2,1-2H3,(H2,23,28)(H,24,30)(H,25,31)(H,26,29)(H,32,33). The lowest BCUT2D eigenvalue weighted by atomic mass is 10.0. The first-order chi connectivity index (χ1) is 15.9. The van der Waals surface area contributed by atoms with Crippen molar-refractivity contribution in [2.24, 2.45) is 11.5 Å². The van der Waals surface area contributed by atoms with Gasteiger partial charge in [-0.05, 0) is 49.5 Å². The Hall–Kier alpha value is -3.32. The molecule has 9 N–H and O–H groups in total. The van der Waals surface area contributed by atoms with Crippen LogP contribution in [0, 0.1) is 0 Å². The van der Waals surface area contributed by atoms with Crippen LogP contribution in [-0.4, -0.2) is 76.0 Å². The molecule has 0 aromatic heterocycles. The third kappa shape index (κ3) is 10.1. The zero-order chi connectivity index (χ0) is 25.8. The minimum Gasteiger partial charge on any atom is -0.508 e. The molecule has 0 aliphatic heterocycles. The fourth-order valence-corrected chi connectivity index (χ4v) is 3.29. The van der Waals surface area contributed by atoms with Crippen LogP contribution in [0.3, 0.4) is 0 Å². The van der Waals surface area contributed by atoms with Gasteiger partial charge in [-0.15, -0.1) is 0 Å². The van der Waals surface area contributed by atoms with E-state index in [1.54, 1.807) is 18.4 Å². The van der Waals surface area contributed by atoms with Crippen LogP contribution in [0.2, 0.25) is 0 Å². The second kappa shape index (κ2) is 14.1. The monoisotopic (exact) mass is 497 g/mol. The van der Waals surface area contributed by atoms with Crippen molar-refractivity contribution >= 4 is 41.4 Å². The fourth-order valence-electron chi connectivity index (χ4n) is 2.82. The summed E-state index contributed by atoms with van der Waals surface area (Å²) < 4.78 is 0. The number of thioether (sulfide) groups is 1. The third-order valence-electron chi connectivity index (χ3n) is 4.74. The number of benzene rings is 1. The van der Waals surface area contributed by atoms with Gasteiger partial charge < -0.3 is 37.6 Å². The number of carboxylic acids is 1. The highest BCUT2D eigenvalue weighted by molar-refractivity contribution is 7.98. The summed E-state index contributed by atoms with van der Waals surface area (Å²) in [6, 6.07) is 1.31. The second-order valence-corrected chi connectivity index (χ2v) is 8.61. The Bertz CT molecular complexity index is 881. The molecule has 13 heteroatoms. The number of phenols is 1. The number of carbonyl (C=O) groups is 5. The van der Waals surface area contributed by atoms with E-state index in [2.05, 4.69) is 16.0 Å². The predicted octanol–water partition coefficient (Wildman–Crippen LogP) is -1.55. The lowest BCUT2D eigenvalue weighted by Gasteiger charge is -2.24. The molecule has 0 saturated carbocycles. The average molecular weight is 498 g/mol. The van der Waals surface area contributed by atoms with E-state index in [9.17, 15) is 29.1 Å². The van der Waals surface area contributed by atoms with Crippen LogP contribution in [-0.2, 0) is 30.4 Å². The van der Waals surface area contributed by atoms with Gasteiger partial charge in [-0.25, -0.2) is 0 Å². The SMILES string of the molecule is CSCCC(NC(=O)C(CC(N)=O)NC(=O)C(N)Cc1ccc(O)cc1)C(=O)NC(C)C(=O)O. The topological polar surface area (TPSA) is 214 Å². The Labute approximate surface area is 201 Å². The van der Waals surface area contributed by atoms with Gasteiger partial charge in [0.2, 0.25) is 23.6 Å². The van der Waals surface area contributed by atoms with Gasteiger partial charge in [-0.1, -0.05) is 12.1 Å². The van der Waals surface area contributed by atoms with E-state index in [4.69, 9.17) is 16.6 Å². The number of nitrogens with two attached hydrogens (primary N) is 2. The highest BCUT2D eigenvalue weighted by Gasteiger charge is 2.30. The Balaban J connectivity index is 2.89. The van der Waals surface area contributed by atoms with Crippen LogP contribution >= 0.6 is 11.8 Å². The quantitative estimate of drug-likeness (QED) is 0.158. The number of amides is 4. The van der Waals surface area contributed by atoms with Gasteiger partial charge in [-0.3, -0.25) is 24.0 Å². The molecule has 1 aromatic rings. The number of hydrogen-bond donors (Lipinski definition) is 7. The number of rotatable bonds is 14. The highest BCUT2D eigenvalue weighted by atomic mass is 32.2. The number of carboxylic acid groups (broad SMARTS) is 1. The molecule has 4 unspecified atom stereocenters. The normalized spacial score (nSPS) is 14.2. The summed E-state index contributed by atoms with van der Waals surface area (Å²) in [4.78, 5) is 60.4. The molecule has 0 saturated heterocycles. The number of nitrogens with one attached hydrogen (secondary N) is 3. The van der Waals surface area contributed by atoms with Crippen molar-refractivity contribution in [1.82, 2.24) is 16.0 Å². The molecule has 0 aliphatic carbocycles. The largest absolute Gasteiger partial charge is 0.508 e. The molecular formula is C21H31N5O7S. The number of hydrogen-bond acceptors (Lipinski definition) is 8. The number of aromatic hydroxyl groups is 1. The minimum absolute atomic E-state index is 0.0535. The Morgan fingerprint density at radius 3 is 2.06 bits per heavy atom. The summed E-state index contributed by atoms with van der Waals surface area (Å²) in [5.74, 6) is -3.86. The number of phenolic OH excluding ortho intramolecular Hbond substituents is 1. The van der Waals surface area contributed by atoms with Crippen molar-refractivity contribution in [3.8, 4) is 5.75 Å². The molecule has 1 aromatic carbocycles. The van der Waals surface area contributed by atoms with Crippen LogP contribution in [0.1, 0.15) is 25.3 Å². The summed E-state index contributed by atoms with van der Waals surface area (Å²) in [6.45, 7) is 1.28. The van der Waals surface area contributed by atoms with Crippen molar-refractivity contribution in [2.45, 2.75) is 50.4 Å². The number of aliphatic carboxylic acids is 1. The summed E-state index contributed by atoms with van der Waals surface area (Å²) >= 11 is 1.41. The first-order valence-electron chi connectivity index (χ1n) is 10.4. The van der Waals surface area contributed by atoms with Gasteiger partial charge in [-0.2, -0.15) is 11.8 Å². The lowest BCUT2D eigenvalue weighted by Crippen LogP contribution is -2.57. The Morgan fingerprint density at radius 1 is 0.971 bits per heavy atom. The minimum atomic E-state index is -1.39. The molecule has 0 heterocycles. The maximum absolute atomic E-state index is 12.8. The smallest absolute Gasteiger partial charge is 0.325 e. The van der Waals surface area contributed by atoms with Crippen molar-refractivity contribution in [1.29, 1.82) is 0 Å². The van der Waals surface area contributed by atoms with Crippen LogP contribution in [0.25, 0.3) is 0 Å². The van der Waals surface area contributed by atoms with E-state index in [0.717, 1.165) is 0 Å². The Kier molecular flexibility index (Phi) is 11.9. The molecule has 4 amide bonds. The first-order valence-corrected chi connectivity index (χ1v) is 11.8. The van der Waals surface area contributed by atoms with Gasteiger partial charge >= 0.3 is 5.97 Å². The van der Waals surface area contributed by atoms with Crippen LogP contribution in [0.4, 0.5) is 0 Å². The molecule has 1 rings (SSSR count). The van der Waals surface area contributed by atoms with E-state index >= 15 is 0 Å². The number of carbonyl (C=O) groups excluding carboxylic acids is 4. The van der Waals surface area contributed by atoms with Crippen molar-refractivity contribution < 1.29 is 34.2 Å². The van der Waals surface area contributed by atoms with Crippen LogP contribution < -0.4 is 27.4 Å². The zero-order valence-corrected chi connectivity index (χ0v) is 19.8. The maximum atomic E-state index is 12.8. The zero-order valence-electron chi connectivity index (χ0n) is 18.9. The summed E-state index contributed by atoms with van der Waals surface area (Å²) in [6.07, 6.45) is 1.54. The van der Waals surface area contributed by atoms with Gasteiger partial charge in [0.05, 0.1) is 12.5 Å². The molecule has 0 aliphatic rings. The van der Waals surface area contributed by atoms with Crippen molar-refractivity contribution in [3.05, 3.63) is 29.8 Å². The molecule has 34 heavy (non-hydrogen) atoms. The second-order valence-electron chi connectivity index (χ2n) is 7.62. The van der Waals surface area contributed by atoms with E-state index in [1.807, 2.05) is 0 Å². The van der Waals surface area contributed by atoms with E-state index in [-0.39, 0.29) is 18.6 Å². The molecule has 4 atom stereocenters. The average Bonchev–Trinajstić information content (AvgIpc) is 2.76. The number of primary amides is 1. The van der Waals surface area contributed by atoms with Crippen molar-refractivity contribution in [2.75, 3.05) is 12.0 Å². The van der Waals surface area contributed by atoms with E-state index in [1.165, 1.54) is 30.8 Å². The van der Waals surface area contributed by atoms with E-state index < -0.39 is 60.2 Å². The highest BCUT2D eigenvalue weighted by Crippen LogP contribution is 2.11. The molecule has 0 bridgehead atoms. The fraction of sp³-hybridized carbons (Fsp3) is 0.476. The Morgan fingerprint density at radius 2 is 1.53 bits per heavy atom. The molecule has 0 fully saturated rings. The van der Waals surface area contributed by atoms with Gasteiger partial charge in [0, 0.05) is 0 Å². The molecule has 12 nitrogen and oxygen atoms in total. The third-order valence-corrected chi connectivity index (χ3v) is 5.38. The van der Waals surface area contributed by atoms with Gasteiger partial charge in [0.25, 0.3) is 0 Å². The van der Waals surface area contributed by atoms with Crippen LogP contribution in [0.5, 0.6) is 5.75 Å². The predicted molar refractivity (Wildman–Crippen MR) is 126 cm³/mol. The van der Waals surface area contributed by atoms with Crippen LogP contribution in [0.15, 0.2) is 24.3 Å². The van der Waals surface area contributed by atoms with Crippen molar-refractivity contribution in [3.63, 3.8) is 0 Å². The molecule has 0 radical (unpaired) electrons. The summed E-state index contributed by atoms with van der Waals surface area (Å²) in [5.41, 5.74) is 11.8. The van der Waals surface area contributed by atoms with Gasteiger partial charge in [0.15, 0.2) is 0 Å². The molecular weight excluding hydrogens is 466 g/mol. The lowest BCUT2D eigenvalue weighted by molar-refractivity contribution is -0.142. The maximum Gasteiger partial charge on any atom is 0.325 e. The first kappa shape index (κ1) is 28.7. The molecule has 0 spiro atoms. The molecule has 188 valence electrons. The van der Waals surface area contributed by atoms with Gasteiger partial charge in [0.1, 0.15) is 23.9 Å².